The van der Waals surface area contributed by atoms with Crippen LogP contribution in [0, 0.1) is 5.82 Å². The van der Waals surface area contributed by atoms with Crippen molar-refractivity contribution in [1.82, 2.24) is 5.43 Å². The molecule has 0 bridgehead atoms. The molecule has 3 rings (SSSR count). The van der Waals surface area contributed by atoms with E-state index in [9.17, 15) is 14.0 Å². The fourth-order valence-corrected chi connectivity index (χ4v) is 2.37. The summed E-state index contributed by atoms with van der Waals surface area (Å²) in [6.45, 7) is 3.27. The van der Waals surface area contributed by atoms with Crippen molar-refractivity contribution in [1.29, 1.82) is 0 Å². The van der Waals surface area contributed by atoms with Gasteiger partial charge in [-0.1, -0.05) is 0 Å². The Labute approximate surface area is 155 Å². The van der Waals surface area contributed by atoms with Crippen LogP contribution in [0.2, 0.25) is 0 Å². The van der Waals surface area contributed by atoms with Gasteiger partial charge in [-0.25, -0.2) is 9.82 Å². The molecule has 0 saturated carbocycles. The van der Waals surface area contributed by atoms with Crippen LogP contribution in [0.5, 0.6) is 11.5 Å². The quantitative estimate of drug-likeness (QED) is 0.624. The van der Waals surface area contributed by atoms with Gasteiger partial charge in [0.05, 0.1) is 11.4 Å². The van der Waals surface area contributed by atoms with Crippen molar-refractivity contribution in [2.24, 2.45) is 5.10 Å². The van der Waals surface area contributed by atoms with Crippen LogP contribution in [0.3, 0.4) is 0 Å². The van der Waals surface area contributed by atoms with E-state index in [1.54, 1.807) is 32.0 Å². The smallest absolute Gasteiger partial charge is 0.280 e. The van der Waals surface area contributed by atoms with Crippen molar-refractivity contribution >= 4 is 23.2 Å². The molecule has 0 unspecified atom stereocenters. The number of benzene rings is 2. The Bertz CT molecular complexity index is 896. The van der Waals surface area contributed by atoms with Crippen molar-refractivity contribution in [2.75, 3.05) is 11.9 Å². The number of hydrogen-bond acceptors (Lipinski definition) is 5. The summed E-state index contributed by atoms with van der Waals surface area (Å²) in [5, 5.41) is 6.78. The second-order valence-electron chi connectivity index (χ2n) is 5.94. The fourth-order valence-electron chi connectivity index (χ4n) is 2.37. The first-order valence-electron chi connectivity index (χ1n) is 8.26. The number of fused-ring (bicyclic) bond motifs is 1. The number of hydrazone groups is 1. The molecule has 0 radical (unpaired) electrons. The van der Waals surface area contributed by atoms with Crippen LogP contribution in [0.15, 0.2) is 47.6 Å². The monoisotopic (exact) mass is 371 g/mol. The Hall–Kier alpha value is -3.42. The number of nitrogens with zero attached hydrogens (tertiary/aromatic N) is 1. The number of rotatable bonds is 5. The first-order chi connectivity index (χ1) is 12.9. The van der Waals surface area contributed by atoms with Crippen molar-refractivity contribution in [3.05, 3.63) is 53.8 Å². The van der Waals surface area contributed by atoms with Gasteiger partial charge >= 0.3 is 0 Å². The fraction of sp³-hybridized carbons (Fsp3) is 0.211. The molecule has 0 spiro atoms. The minimum Gasteiger partial charge on any atom is -0.482 e. The number of halogens is 1. The SMILES string of the molecule is C/C(=N/NC(=O)[C@@H](C)Oc1ccc(F)cc1)c1ccc2c(c1)NC(=O)CO2. The average molecular weight is 371 g/mol. The molecular formula is C19H18FN3O4. The highest BCUT2D eigenvalue weighted by Crippen LogP contribution is 2.28. The van der Waals surface area contributed by atoms with E-state index >= 15 is 0 Å². The predicted octanol–water partition coefficient (Wildman–Crippen LogP) is 2.46. The lowest BCUT2D eigenvalue weighted by Gasteiger charge is -2.18. The van der Waals surface area contributed by atoms with E-state index in [2.05, 4.69) is 15.8 Å². The molecule has 1 aliphatic rings. The number of carbonyl (C=O) groups excluding carboxylic acids is 2. The van der Waals surface area contributed by atoms with E-state index in [0.29, 0.717) is 28.5 Å². The minimum absolute atomic E-state index is 0.0125. The zero-order valence-corrected chi connectivity index (χ0v) is 14.8. The van der Waals surface area contributed by atoms with Gasteiger partial charge in [0, 0.05) is 0 Å². The second kappa shape index (κ2) is 7.86. The van der Waals surface area contributed by atoms with Crippen molar-refractivity contribution in [2.45, 2.75) is 20.0 Å². The third-order valence-corrected chi connectivity index (χ3v) is 3.86. The Morgan fingerprint density at radius 1 is 1.30 bits per heavy atom. The van der Waals surface area contributed by atoms with Gasteiger partial charge in [0.1, 0.15) is 17.3 Å². The first-order valence-corrected chi connectivity index (χ1v) is 8.26. The maximum atomic E-state index is 12.9. The van der Waals surface area contributed by atoms with Crippen molar-refractivity contribution < 1.29 is 23.5 Å². The molecule has 2 aromatic carbocycles. The summed E-state index contributed by atoms with van der Waals surface area (Å²) >= 11 is 0. The first kappa shape index (κ1) is 18.4. The van der Waals surface area contributed by atoms with Crippen LogP contribution >= 0.6 is 0 Å². The zero-order valence-electron chi connectivity index (χ0n) is 14.8. The highest BCUT2D eigenvalue weighted by Gasteiger charge is 2.17. The lowest BCUT2D eigenvalue weighted by Crippen LogP contribution is -2.34. The van der Waals surface area contributed by atoms with Gasteiger partial charge < -0.3 is 14.8 Å². The van der Waals surface area contributed by atoms with E-state index in [1.807, 2.05) is 0 Å². The molecular weight excluding hydrogens is 353 g/mol. The van der Waals surface area contributed by atoms with Crippen LogP contribution < -0.4 is 20.2 Å². The molecule has 1 aliphatic heterocycles. The standard InChI is InChI=1S/C19H18FN3O4/c1-11(13-3-8-17-16(9-13)21-18(24)10-26-17)22-23-19(25)12(2)27-15-6-4-14(20)5-7-15/h3-9,12H,10H2,1-2H3,(H,21,24)(H,23,25)/b22-11-/t12-/m1/s1. The number of ether oxygens (including phenoxy) is 2. The van der Waals surface area contributed by atoms with Gasteiger partial charge in [0.2, 0.25) is 0 Å². The maximum Gasteiger partial charge on any atom is 0.280 e. The number of hydrogen-bond donors (Lipinski definition) is 2. The molecule has 2 N–H and O–H groups in total. The zero-order chi connectivity index (χ0) is 19.4. The van der Waals surface area contributed by atoms with E-state index in [0.717, 1.165) is 0 Å². The van der Waals surface area contributed by atoms with Gasteiger partial charge in [-0.05, 0) is 61.9 Å². The summed E-state index contributed by atoms with van der Waals surface area (Å²) in [6, 6.07) is 10.6. The lowest BCUT2D eigenvalue weighted by molar-refractivity contribution is -0.127. The summed E-state index contributed by atoms with van der Waals surface area (Å²) < 4.78 is 23.6. The highest BCUT2D eigenvalue weighted by atomic mass is 19.1. The van der Waals surface area contributed by atoms with Crippen molar-refractivity contribution in [3.63, 3.8) is 0 Å². The van der Waals surface area contributed by atoms with Gasteiger partial charge in [-0.2, -0.15) is 5.10 Å². The number of carbonyl (C=O) groups is 2. The number of anilines is 1. The minimum atomic E-state index is -0.816. The molecule has 1 heterocycles. The summed E-state index contributed by atoms with van der Waals surface area (Å²) in [6.07, 6.45) is -0.816. The molecule has 140 valence electrons. The molecule has 8 heteroatoms. The maximum absolute atomic E-state index is 12.9. The van der Waals surface area contributed by atoms with Gasteiger partial charge in [-0.3, -0.25) is 9.59 Å². The summed E-state index contributed by atoms with van der Waals surface area (Å²) in [4.78, 5) is 23.5. The Balaban J connectivity index is 1.62. The topological polar surface area (TPSA) is 89.0 Å². The third kappa shape index (κ3) is 4.60. The lowest BCUT2D eigenvalue weighted by atomic mass is 10.1. The molecule has 2 amide bonds. The van der Waals surface area contributed by atoms with E-state index in [1.165, 1.54) is 24.3 Å². The molecule has 2 aromatic rings. The van der Waals surface area contributed by atoms with E-state index in [4.69, 9.17) is 9.47 Å². The Morgan fingerprint density at radius 2 is 2.04 bits per heavy atom. The normalized spacial score (nSPS) is 14.5. The van der Waals surface area contributed by atoms with Crippen LogP contribution in [-0.4, -0.2) is 30.2 Å². The third-order valence-electron chi connectivity index (χ3n) is 3.86. The van der Waals surface area contributed by atoms with Crippen LogP contribution in [0.4, 0.5) is 10.1 Å². The molecule has 27 heavy (non-hydrogen) atoms. The summed E-state index contributed by atoms with van der Waals surface area (Å²) in [5.74, 6) is -0.101. The molecule has 0 saturated heterocycles. The van der Waals surface area contributed by atoms with Crippen LogP contribution in [-0.2, 0) is 9.59 Å². The Morgan fingerprint density at radius 3 is 2.78 bits per heavy atom. The average Bonchev–Trinajstić information content (AvgIpc) is 2.66. The van der Waals surface area contributed by atoms with Gasteiger partial charge in [0.25, 0.3) is 11.8 Å². The van der Waals surface area contributed by atoms with Gasteiger partial charge in [-0.15, -0.1) is 0 Å². The predicted molar refractivity (Wildman–Crippen MR) is 97.4 cm³/mol. The Kier molecular flexibility index (Phi) is 5.35. The largest absolute Gasteiger partial charge is 0.482 e. The van der Waals surface area contributed by atoms with E-state index in [-0.39, 0.29) is 18.3 Å². The second-order valence-corrected chi connectivity index (χ2v) is 5.94. The molecule has 0 aromatic heterocycles. The molecule has 7 nitrogen and oxygen atoms in total. The molecule has 0 aliphatic carbocycles. The number of nitrogens with one attached hydrogen (secondary N) is 2. The molecule has 0 fully saturated rings. The van der Waals surface area contributed by atoms with E-state index < -0.39 is 12.0 Å². The summed E-state index contributed by atoms with van der Waals surface area (Å²) in [7, 11) is 0. The van der Waals surface area contributed by atoms with Crippen molar-refractivity contribution in [3.8, 4) is 11.5 Å². The molecule has 1 atom stereocenters. The summed E-state index contributed by atoms with van der Waals surface area (Å²) in [5.41, 5.74) is 4.24. The number of amides is 2. The highest BCUT2D eigenvalue weighted by molar-refractivity contribution is 6.02. The van der Waals surface area contributed by atoms with Gasteiger partial charge in [0.15, 0.2) is 12.7 Å². The van der Waals surface area contributed by atoms with Crippen LogP contribution in [0.1, 0.15) is 19.4 Å². The van der Waals surface area contributed by atoms with Crippen LogP contribution in [0.25, 0.3) is 0 Å².